The second kappa shape index (κ2) is 4.72. The summed E-state index contributed by atoms with van der Waals surface area (Å²) >= 11 is 11.6. The third-order valence-electron chi connectivity index (χ3n) is 2.71. The van der Waals surface area contributed by atoms with Crippen molar-refractivity contribution in [3.8, 4) is 0 Å². The lowest BCUT2D eigenvalue weighted by Crippen LogP contribution is -2.42. The van der Waals surface area contributed by atoms with Crippen LogP contribution in [0.1, 0.15) is 12.8 Å². The molecule has 2 amide bonds. The second-order valence-corrected chi connectivity index (χ2v) is 4.96. The molecule has 17 heavy (non-hydrogen) atoms. The molecule has 0 bridgehead atoms. The molecule has 3 N–H and O–H groups in total. The van der Waals surface area contributed by atoms with E-state index in [0.29, 0.717) is 15.7 Å². The fraction of sp³-hybridized carbons (Fsp3) is 0.364. The SMILES string of the molecule is O=C(Nc1ccc(Cl)c(Cl)c1)NC1(CO)CC1. The molecule has 4 nitrogen and oxygen atoms in total. The Balaban J connectivity index is 1.96. The smallest absolute Gasteiger partial charge is 0.319 e. The van der Waals surface area contributed by atoms with Gasteiger partial charge in [0.25, 0.3) is 0 Å². The maximum absolute atomic E-state index is 11.6. The number of anilines is 1. The molecule has 0 saturated heterocycles. The minimum atomic E-state index is -0.430. The van der Waals surface area contributed by atoms with Crippen molar-refractivity contribution in [3.63, 3.8) is 0 Å². The summed E-state index contributed by atoms with van der Waals surface area (Å²) in [5.41, 5.74) is 0.131. The van der Waals surface area contributed by atoms with Crippen LogP contribution < -0.4 is 10.6 Å². The molecule has 1 saturated carbocycles. The minimum Gasteiger partial charge on any atom is -0.394 e. The van der Waals surface area contributed by atoms with Crippen molar-refractivity contribution < 1.29 is 9.90 Å². The fourth-order valence-corrected chi connectivity index (χ4v) is 1.75. The first-order valence-corrected chi connectivity index (χ1v) is 5.95. The first kappa shape index (κ1) is 12.5. The molecule has 0 heterocycles. The minimum absolute atomic E-state index is 0.0399. The summed E-state index contributed by atoms with van der Waals surface area (Å²) in [4.78, 5) is 11.6. The van der Waals surface area contributed by atoms with E-state index in [9.17, 15) is 4.79 Å². The van der Waals surface area contributed by atoms with Gasteiger partial charge in [-0.1, -0.05) is 23.2 Å². The molecule has 92 valence electrons. The van der Waals surface area contributed by atoms with Crippen LogP contribution in [0.15, 0.2) is 18.2 Å². The number of hydrogen-bond donors (Lipinski definition) is 3. The standard InChI is InChI=1S/C11H12Cl2N2O2/c12-8-2-1-7(5-9(8)13)14-10(17)15-11(6-16)3-4-11/h1-2,5,16H,3-4,6H2,(H2,14,15,17). The van der Waals surface area contributed by atoms with Gasteiger partial charge in [0.2, 0.25) is 0 Å². The van der Waals surface area contributed by atoms with Gasteiger partial charge < -0.3 is 15.7 Å². The average molecular weight is 275 g/mol. The van der Waals surface area contributed by atoms with Crippen LogP contribution >= 0.6 is 23.2 Å². The van der Waals surface area contributed by atoms with Crippen LogP contribution in [0.3, 0.4) is 0 Å². The van der Waals surface area contributed by atoms with Gasteiger partial charge in [-0.3, -0.25) is 0 Å². The summed E-state index contributed by atoms with van der Waals surface area (Å²) in [6.45, 7) is -0.0399. The molecule has 0 radical (unpaired) electrons. The summed E-state index contributed by atoms with van der Waals surface area (Å²) in [5, 5.41) is 15.2. The molecule has 0 unspecified atom stereocenters. The third-order valence-corrected chi connectivity index (χ3v) is 3.45. The number of nitrogens with one attached hydrogen (secondary N) is 2. The zero-order valence-electron chi connectivity index (χ0n) is 8.96. The highest BCUT2D eigenvalue weighted by Gasteiger charge is 2.43. The first-order chi connectivity index (χ1) is 8.04. The van der Waals surface area contributed by atoms with Crippen LogP contribution in [0.4, 0.5) is 10.5 Å². The van der Waals surface area contributed by atoms with Crippen molar-refractivity contribution >= 4 is 34.9 Å². The number of carbonyl (C=O) groups excluding carboxylic acids is 1. The molecule has 0 aromatic heterocycles. The quantitative estimate of drug-likeness (QED) is 0.794. The van der Waals surface area contributed by atoms with E-state index in [-0.39, 0.29) is 12.6 Å². The Kier molecular flexibility index (Phi) is 3.47. The van der Waals surface area contributed by atoms with Crippen molar-refractivity contribution in [1.29, 1.82) is 0 Å². The second-order valence-electron chi connectivity index (χ2n) is 4.15. The van der Waals surface area contributed by atoms with E-state index < -0.39 is 5.54 Å². The van der Waals surface area contributed by atoms with Crippen LogP contribution in [0.25, 0.3) is 0 Å². The highest BCUT2D eigenvalue weighted by molar-refractivity contribution is 6.42. The first-order valence-electron chi connectivity index (χ1n) is 5.20. The summed E-state index contributed by atoms with van der Waals surface area (Å²) in [6.07, 6.45) is 1.61. The van der Waals surface area contributed by atoms with Gasteiger partial charge in [0.15, 0.2) is 0 Å². The summed E-state index contributed by atoms with van der Waals surface area (Å²) in [5.74, 6) is 0. The van der Waals surface area contributed by atoms with Crippen LogP contribution in [0, 0.1) is 0 Å². The molecule has 1 fully saturated rings. The molecule has 0 atom stereocenters. The summed E-state index contributed by atoms with van der Waals surface area (Å²) in [7, 11) is 0. The predicted molar refractivity (Wildman–Crippen MR) is 67.7 cm³/mol. The largest absolute Gasteiger partial charge is 0.394 e. The Morgan fingerprint density at radius 3 is 2.59 bits per heavy atom. The maximum Gasteiger partial charge on any atom is 0.319 e. The number of amides is 2. The van der Waals surface area contributed by atoms with E-state index in [1.54, 1.807) is 18.2 Å². The van der Waals surface area contributed by atoms with Gasteiger partial charge in [0, 0.05) is 5.69 Å². The van der Waals surface area contributed by atoms with Gasteiger partial charge in [-0.05, 0) is 31.0 Å². The highest BCUT2D eigenvalue weighted by atomic mass is 35.5. The van der Waals surface area contributed by atoms with E-state index in [0.717, 1.165) is 12.8 Å². The van der Waals surface area contributed by atoms with Gasteiger partial charge in [-0.25, -0.2) is 4.79 Å². The number of aliphatic hydroxyl groups excluding tert-OH is 1. The lowest BCUT2D eigenvalue weighted by molar-refractivity contribution is 0.217. The molecule has 6 heteroatoms. The van der Waals surface area contributed by atoms with E-state index in [1.165, 1.54) is 0 Å². The molecule has 0 aliphatic heterocycles. The fourth-order valence-electron chi connectivity index (χ4n) is 1.45. The van der Waals surface area contributed by atoms with E-state index in [2.05, 4.69) is 10.6 Å². The third kappa shape index (κ3) is 3.03. The zero-order valence-corrected chi connectivity index (χ0v) is 10.5. The number of hydrogen-bond acceptors (Lipinski definition) is 2. The van der Waals surface area contributed by atoms with Gasteiger partial charge in [0.1, 0.15) is 0 Å². The van der Waals surface area contributed by atoms with Crippen molar-refractivity contribution in [2.75, 3.05) is 11.9 Å². The number of rotatable bonds is 3. The summed E-state index contributed by atoms with van der Waals surface area (Å²) in [6, 6.07) is 4.49. The van der Waals surface area contributed by atoms with Crippen LogP contribution in [-0.2, 0) is 0 Å². The van der Waals surface area contributed by atoms with Crippen molar-refractivity contribution in [2.24, 2.45) is 0 Å². The van der Waals surface area contributed by atoms with Crippen molar-refractivity contribution in [1.82, 2.24) is 5.32 Å². The van der Waals surface area contributed by atoms with Gasteiger partial charge in [-0.15, -0.1) is 0 Å². The molecule has 0 spiro atoms. The Labute approximate surface area is 109 Å². The highest BCUT2D eigenvalue weighted by Crippen LogP contribution is 2.34. The topological polar surface area (TPSA) is 61.4 Å². The van der Waals surface area contributed by atoms with Gasteiger partial charge in [0.05, 0.1) is 22.2 Å². The lowest BCUT2D eigenvalue weighted by Gasteiger charge is -2.15. The maximum atomic E-state index is 11.6. The molecular formula is C11H12Cl2N2O2. The molecular weight excluding hydrogens is 263 g/mol. The molecule has 1 aromatic carbocycles. The number of urea groups is 1. The van der Waals surface area contributed by atoms with Gasteiger partial charge in [-0.2, -0.15) is 0 Å². The van der Waals surface area contributed by atoms with E-state index in [4.69, 9.17) is 28.3 Å². The summed E-state index contributed by atoms with van der Waals surface area (Å²) < 4.78 is 0. The van der Waals surface area contributed by atoms with Crippen molar-refractivity contribution in [2.45, 2.75) is 18.4 Å². The Bertz CT molecular complexity index is 447. The Morgan fingerprint density at radius 2 is 2.06 bits per heavy atom. The number of carbonyl (C=O) groups is 1. The average Bonchev–Trinajstić information content (AvgIpc) is 3.04. The lowest BCUT2D eigenvalue weighted by atomic mass is 10.3. The Morgan fingerprint density at radius 1 is 1.35 bits per heavy atom. The number of aliphatic hydroxyl groups is 1. The molecule has 1 aliphatic rings. The predicted octanol–water partition coefficient (Wildman–Crippen LogP) is 2.64. The molecule has 1 aromatic rings. The van der Waals surface area contributed by atoms with Crippen LogP contribution in [0.2, 0.25) is 10.0 Å². The number of benzene rings is 1. The molecule has 2 rings (SSSR count). The van der Waals surface area contributed by atoms with Gasteiger partial charge >= 0.3 is 6.03 Å². The monoisotopic (exact) mass is 274 g/mol. The number of halogens is 2. The Hall–Kier alpha value is -0.970. The van der Waals surface area contributed by atoms with Crippen molar-refractivity contribution in [3.05, 3.63) is 28.2 Å². The molecule has 1 aliphatic carbocycles. The van der Waals surface area contributed by atoms with Crippen LogP contribution in [-0.4, -0.2) is 23.3 Å². The van der Waals surface area contributed by atoms with E-state index >= 15 is 0 Å². The van der Waals surface area contributed by atoms with E-state index in [1.807, 2.05) is 0 Å². The zero-order chi connectivity index (χ0) is 12.5. The normalized spacial score (nSPS) is 16.4. The van der Waals surface area contributed by atoms with Crippen LogP contribution in [0.5, 0.6) is 0 Å².